The van der Waals surface area contributed by atoms with Crippen LogP contribution in [-0.2, 0) is 16.0 Å². The first-order valence-corrected chi connectivity index (χ1v) is 8.66. The SMILES string of the molecule is CCOC(Cc1ccc(OCC(O)c2cccc(OC)c2)cc1)C(=O)NO. The molecule has 0 saturated heterocycles. The van der Waals surface area contributed by atoms with E-state index in [0.29, 0.717) is 30.1 Å². The summed E-state index contributed by atoms with van der Waals surface area (Å²) < 4.78 is 16.1. The Hall–Kier alpha value is -2.61. The molecule has 0 aliphatic heterocycles. The van der Waals surface area contributed by atoms with Gasteiger partial charge in [-0.05, 0) is 42.3 Å². The lowest BCUT2D eigenvalue weighted by Crippen LogP contribution is -2.36. The van der Waals surface area contributed by atoms with E-state index in [4.69, 9.17) is 19.4 Å². The van der Waals surface area contributed by atoms with Crippen molar-refractivity contribution in [2.24, 2.45) is 0 Å². The number of carbonyl (C=O) groups excluding carboxylic acids is 1. The topological polar surface area (TPSA) is 97.3 Å². The molecular weight excluding hydrogens is 350 g/mol. The maximum Gasteiger partial charge on any atom is 0.272 e. The van der Waals surface area contributed by atoms with E-state index in [1.54, 1.807) is 43.8 Å². The monoisotopic (exact) mass is 375 g/mol. The van der Waals surface area contributed by atoms with Crippen molar-refractivity contribution in [1.82, 2.24) is 5.48 Å². The number of amides is 1. The highest BCUT2D eigenvalue weighted by molar-refractivity contribution is 5.79. The Morgan fingerprint density at radius 1 is 1.15 bits per heavy atom. The average molecular weight is 375 g/mol. The Morgan fingerprint density at radius 3 is 2.52 bits per heavy atom. The fraction of sp³-hybridized carbons (Fsp3) is 0.350. The molecule has 27 heavy (non-hydrogen) atoms. The Kier molecular flexibility index (Phi) is 8.06. The molecule has 2 rings (SSSR count). The number of carbonyl (C=O) groups is 1. The summed E-state index contributed by atoms with van der Waals surface area (Å²) in [6, 6.07) is 14.3. The molecule has 146 valence electrons. The van der Waals surface area contributed by atoms with E-state index in [1.807, 2.05) is 24.3 Å². The lowest BCUT2D eigenvalue weighted by atomic mass is 10.1. The second-order valence-electron chi connectivity index (χ2n) is 5.87. The number of nitrogens with one attached hydrogen (secondary N) is 1. The summed E-state index contributed by atoms with van der Waals surface area (Å²) in [7, 11) is 1.57. The predicted octanol–water partition coefficient (Wildman–Crippen LogP) is 2.26. The highest BCUT2D eigenvalue weighted by Crippen LogP contribution is 2.21. The van der Waals surface area contributed by atoms with Crippen LogP contribution in [0.25, 0.3) is 0 Å². The Bertz CT molecular complexity index is 719. The molecule has 0 spiro atoms. The number of rotatable bonds is 10. The normalized spacial score (nSPS) is 12.9. The summed E-state index contributed by atoms with van der Waals surface area (Å²) >= 11 is 0. The van der Waals surface area contributed by atoms with Gasteiger partial charge in [-0.1, -0.05) is 24.3 Å². The summed E-state index contributed by atoms with van der Waals surface area (Å²) in [5.74, 6) is 0.686. The molecule has 3 N–H and O–H groups in total. The van der Waals surface area contributed by atoms with Crippen LogP contribution in [0, 0.1) is 0 Å². The van der Waals surface area contributed by atoms with Crippen LogP contribution in [0.5, 0.6) is 11.5 Å². The van der Waals surface area contributed by atoms with Crippen LogP contribution in [0.2, 0.25) is 0 Å². The van der Waals surface area contributed by atoms with Gasteiger partial charge in [-0.25, -0.2) is 5.48 Å². The van der Waals surface area contributed by atoms with Gasteiger partial charge in [0, 0.05) is 13.0 Å². The second-order valence-corrected chi connectivity index (χ2v) is 5.87. The quantitative estimate of drug-likeness (QED) is 0.435. The molecule has 1 amide bonds. The zero-order chi connectivity index (χ0) is 19.6. The number of aliphatic hydroxyl groups excluding tert-OH is 1. The van der Waals surface area contributed by atoms with Gasteiger partial charge in [-0.3, -0.25) is 10.0 Å². The van der Waals surface area contributed by atoms with Crippen molar-refractivity contribution in [2.75, 3.05) is 20.3 Å². The number of benzene rings is 2. The number of hydrogen-bond acceptors (Lipinski definition) is 6. The molecule has 0 aliphatic carbocycles. The van der Waals surface area contributed by atoms with Crippen LogP contribution in [-0.4, -0.2) is 42.6 Å². The van der Waals surface area contributed by atoms with Gasteiger partial charge < -0.3 is 19.3 Å². The van der Waals surface area contributed by atoms with E-state index in [2.05, 4.69) is 0 Å². The average Bonchev–Trinajstić information content (AvgIpc) is 2.72. The van der Waals surface area contributed by atoms with E-state index in [9.17, 15) is 9.90 Å². The molecule has 7 heteroatoms. The minimum atomic E-state index is -0.782. The summed E-state index contributed by atoms with van der Waals surface area (Å²) in [6.07, 6.45) is -1.22. The number of aliphatic hydroxyl groups is 1. The van der Waals surface area contributed by atoms with E-state index in [0.717, 1.165) is 5.56 Å². The lowest BCUT2D eigenvalue weighted by molar-refractivity contribution is -0.141. The van der Waals surface area contributed by atoms with E-state index in [1.165, 1.54) is 0 Å². The van der Waals surface area contributed by atoms with Crippen molar-refractivity contribution >= 4 is 5.91 Å². The molecule has 0 aromatic heterocycles. The Balaban J connectivity index is 1.92. The van der Waals surface area contributed by atoms with Gasteiger partial charge >= 0.3 is 0 Å². The highest BCUT2D eigenvalue weighted by Gasteiger charge is 2.18. The molecule has 0 bridgehead atoms. The molecule has 0 fully saturated rings. The molecule has 0 heterocycles. The third-order valence-electron chi connectivity index (χ3n) is 4.00. The number of hydrogen-bond donors (Lipinski definition) is 3. The first kappa shape index (κ1) is 20.7. The fourth-order valence-electron chi connectivity index (χ4n) is 2.56. The molecule has 2 atom stereocenters. The van der Waals surface area contributed by atoms with E-state index in [-0.39, 0.29) is 6.61 Å². The fourth-order valence-corrected chi connectivity index (χ4v) is 2.56. The molecule has 2 aromatic carbocycles. The van der Waals surface area contributed by atoms with Crippen LogP contribution in [0.15, 0.2) is 48.5 Å². The van der Waals surface area contributed by atoms with Crippen LogP contribution < -0.4 is 15.0 Å². The van der Waals surface area contributed by atoms with Gasteiger partial charge in [-0.2, -0.15) is 0 Å². The smallest absolute Gasteiger partial charge is 0.272 e. The van der Waals surface area contributed by atoms with E-state index >= 15 is 0 Å². The van der Waals surface area contributed by atoms with E-state index < -0.39 is 18.1 Å². The zero-order valence-electron chi connectivity index (χ0n) is 15.4. The summed E-state index contributed by atoms with van der Waals surface area (Å²) in [4.78, 5) is 11.6. The number of ether oxygens (including phenoxy) is 3. The van der Waals surface area contributed by atoms with Gasteiger partial charge in [0.1, 0.15) is 30.3 Å². The minimum absolute atomic E-state index is 0.0982. The molecule has 2 unspecified atom stereocenters. The van der Waals surface area contributed by atoms with Gasteiger partial charge in [0.2, 0.25) is 0 Å². The maximum absolute atomic E-state index is 11.6. The molecule has 0 radical (unpaired) electrons. The number of hydroxylamine groups is 1. The first-order chi connectivity index (χ1) is 13.1. The van der Waals surface area contributed by atoms with Crippen LogP contribution in [0.4, 0.5) is 0 Å². The van der Waals surface area contributed by atoms with Crippen LogP contribution in [0.1, 0.15) is 24.2 Å². The first-order valence-electron chi connectivity index (χ1n) is 8.66. The molecular formula is C20H25NO6. The van der Waals surface area contributed by atoms with Gasteiger partial charge in [0.05, 0.1) is 7.11 Å². The largest absolute Gasteiger partial charge is 0.497 e. The molecule has 7 nitrogen and oxygen atoms in total. The third kappa shape index (κ3) is 6.25. The second kappa shape index (κ2) is 10.5. The van der Waals surface area contributed by atoms with Crippen molar-refractivity contribution in [2.45, 2.75) is 25.6 Å². The molecule has 0 aliphatic rings. The van der Waals surface area contributed by atoms with Gasteiger partial charge in [0.15, 0.2) is 0 Å². The number of methoxy groups -OCH3 is 1. The highest BCUT2D eigenvalue weighted by atomic mass is 16.5. The Morgan fingerprint density at radius 2 is 1.89 bits per heavy atom. The van der Waals surface area contributed by atoms with Gasteiger partial charge in [0.25, 0.3) is 5.91 Å². The summed E-state index contributed by atoms with van der Waals surface area (Å²) in [5, 5.41) is 19.0. The Labute approximate surface area is 158 Å². The van der Waals surface area contributed by atoms with Gasteiger partial charge in [-0.15, -0.1) is 0 Å². The maximum atomic E-state index is 11.6. The molecule has 2 aromatic rings. The van der Waals surface area contributed by atoms with Crippen molar-refractivity contribution < 1.29 is 29.3 Å². The minimum Gasteiger partial charge on any atom is -0.497 e. The molecule has 0 saturated carbocycles. The third-order valence-corrected chi connectivity index (χ3v) is 4.00. The van der Waals surface area contributed by atoms with Crippen LogP contribution in [0.3, 0.4) is 0 Å². The van der Waals surface area contributed by atoms with Crippen molar-refractivity contribution in [3.05, 3.63) is 59.7 Å². The van der Waals surface area contributed by atoms with Crippen LogP contribution >= 0.6 is 0 Å². The van der Waals surface area contributed by atoms with Crippen molar-refractivity contribution in [1.29, 1.82) is 0 Å². The standard InChI is InChI=1S/C20H25NO6/c1-3-26-19(20(23)21-24)11-14-7-9-16(10-8-14)27-13-18(22)15-5-4-6-17(12-15)25-2/h4-10,12,18-19,22,24H,3,11,13H2,1-2H3,(H,21,23). The summed E-state index contributed by atoms with van der Waals surface area (Å²) in [6.45, 7) is 2.24. The van der Waals surface area contributed by atoms with Crippen molar-refractivity contribution in [3.63, 3.8) is 0 Å². The van der Waals surface area contributed by atoms with Crippen molar-refractivity contribution in [3.8, 4) is 11.5 Å². The lowest BCUT2D eigenvalue weighted by Gasteiger charge is -2.16. The zero-order valence-corrected chi connectivity index (χ0v) is 15.4. The summed E-state index contributed by atoms with van der Waals surface area (Å²) in [5.41, 5.74) is 3.18. The predicted molar refractivity (Wildman–Crippen MR) is 98.9 cm³/mol.